The molecule has 1 aromatic rings. The van der Waals surface area contributed by atoms with E-state index in [4.69, 9.17) is 9.47 Å². The Hall–Kier alpha value is -3.20. The first-order valence-corrected chi connectivity index (χ1v) is 12.0. The highest BCUT2D eigenvalue weighted by Crippen LogP contribution is 2.42. The van der Waals surface area contributed by atoms with E-state index in [0.29, 0.717) is 37.1 Å². The molecule has 192 valence electrons. The van der Waals surface area contributed by atoms with Crippen LogP contribution in [0.3, 0.4) is 0 Å². The number of dihydropyridines is 1. The smallest absolute Gasteiger partial charge is 0.337 e. The van der Waals surface area contributed by atoms with Crippen molar-refractivity contribution in [2.24, 2.45) is 0 Å². The number of para-hydroxylation sites is 1. The fourth-order valence-electron chi connectivity index (χ4n) is 4.37. The number of allylic oxidation sites excluding steroid dienone is 2. The molecule has 9 nitrogen and oxygen atoms in total. The number of nitrogens with zero attached hydrogens (tertiary/aromatic N) is 1. The minimum atomic E-state index is -1.02. The van der Waals surface area contributed by atoms with E-state index in [1.807, 2.05) is 13.8 Å². The van der Waals surface area contributed by atoms with Crippen LogP contribution in [0.4, 0.5) is 5.69 Å². The van der Waals surface area contributed by atoms with E-state index in [1.165, 1.54) is 19.2 Å². The molecule has 3 atom stereocenters. The van der Waals surface area contributed by atoms with Crippen LogP contribution in [0, 0.1) is 10.1 Å². The molecule has 1 aliphatic heterocycles. The predicted molar refractivity (Wildman–Crippen MR) is 131 cm³/mol. The van der Waals surface area contributed by atoms with Crippen molar-refractivity contribution in [1.29, 1.82) is 0 Å². The molecule has 1 aromatic carbocycles. The second-order valence-corrected chi connectivity index (χ2v) is 8.72. The Balaban J connectivity index is 2.40. The van der Waals surface area contributed by atoms with Crippen LogP contribution in [-0.4, -0.2) is 41.3 Å². The summed E-state index contributed by atoms with van der Waals surface area (Å²) in [6, 6.07) is 6.06. The van der Waals surface area contributed by atoms with E-state index in [-0.39, 0.29) is 34.6 Å². The first kappa shape index (κ1) is 28.0. The zero-order chi connectivity index (χ0) is 26.1. The van der Waals surface area contributed by atoms with Crippen molar-refractivity contribution in [3.8, 4) is 0 Å². The Bertz CT molecular complexity index is 999. The number of nitro groups is 1. The van der Waals surface area contributed by atoms with Crippen LogP contribution in [0.1, 0.15) is 77.7 Å². The second kappa shape index (κ2) is 13.0. The zero-order valence-electron chi connectivity index (χ0n) is 21.1. The van der Waals surface area contributed by atoms with Gasteiger partial charge < -0.3 is 19.9 Å². The van der Waals surface area contributed by atoms with Crippen LogP contribution in [0.5, 0.6) is 0 Å². The number of nitro benzene ring substituents is 1. The fourth-order valence-corrected chi connectivity index (χ4v) is 4.37. The number of hydrogen-bond donors (Lipinski definition) is 2. The van der Waals surface area contributed by atoms with Gasteiger partial charge in [0.05, 0.1) is 35.2 Å². The van der Waals surface area contributed by atoms with Gasteiger partial charge in [0, 0.05) is 23.0 Å². The average Bonchev–Trinajstić information content (AvgIpc) is 2.84. The van der Waals surface area contributed by atoms with Crippen molar-refractivity contribution in [2.75, 3.05) is 7.11 Å². The Kier molecular flexibility index (Phi) is 10.4. The number of methoxy groups -OCH3 is 1. The van der Waals surface area contributed by atoms with E-state index in [9.17, 15) is 24.8 Å². The van der Waals surface area contributed by atoms with Gasteiger partial charge in [-0.25, -0.2) is 9.59 Å². The Morgan fingerprint density at radius 2 is 1.66 bits per heavy atom. The molecule has 0 saturated carbocycles. The number of carbonyl (C=O) groups excluding carboxylic acids is 2. The van der Waals surface area contributed by atoms with Gasteiger partial charge in [-0.05, 0) is 46.0 Å². The maximum absolute atomic E-state index is 13.5. The molecule has 2 rings (SSSR count). The highest BCUT2D eigenvalue weighted by Gasteiger charge is 2.41. The molecular formula is C26H36N2O7. The lowest BCUT2D eigenvalue weighted by Crippen LogP contribution is -2.33. The second-order valence-electron chi connectivity index (χ2n) is 8.72. The molecule has 2 N–H and O–H groups in total. The monoisotopic (exact) mass is 488 g/mol. The Labute approximate surface area is 206 Å². The highest BCUT2D eigenvalue weighted by molar-refractivity contribution is 6.00. The molecule has 1 aliphatic rings. The van der Waals surface area contributed by atoms with Gasteiger partial charge in [0.25, 0.3) is 5.69 Å². The number of aliphatic hydroxyl groups excluding tert-OH is 1. The molecule has 0 spiro atoms. The number of rotatable bonds is 12. The zero-order valence-corrected chi connectivity index (χ0v) is 21.1. The predicted octanol–water partition coefficient (Wildman–Crippen LogP) is 4.66. The van der Waals surface area contributed by atoms with E-state index in [1.54, 1.807) is 26.0 Å². The maximum Gasteiger partial charge on any atom is 0.337 e. The van der Waals surface area contributed by atoms with Gasteiger partial charge in [0.2, 0.25) is 0 Å². The van der Waals surface area contributed by atoms with Crippen LogP contribution < -0.4 is 5.32 Å². The number of benzene rings is 1. The largest absolute Gasteiger partial charge is 0.466 e. The van der Waals surface area contributed by atoms with E-state index >= 15 is 0 Å². The molecule has 0 amide bonds. The molecule has 9 heteroatoms. The quantitative estimate of drug-likeness (QED) is 0.188. The molecule has 0 aromatic heterocycles. The van der Waals surface area contributed by atoms with Crippen LogP contribution in [0.25, 0.3) is 0 Å². The third kappa shape index (κ3) is 6.91. The number of aliphatic hydroxyl groups is 1. The standard InChI is InChI=1S/C26H36N2O7/c1-6-18(29)12-8-9-13-19(7-2)35-26(31)23-17(4)27-16(3)22(25(30)34-5)24(23)20-14-10-11-15-21(20)28(32)33/h10-11,14-15,18-19,24,27,29H,6-9,12-13H2,1-5H3. The SMILES string of the molecule is CCC(O)CCCCC(CC)OC(=O)C1=C(C)NC(C)=C(C(=O)OC)C1c1ccccc1[N+](=O)[O-]. The summed E-state index contributed by atoms with van der Waals surface area (Å²) in [6.07, 6.45) is 3.55. The van der Waals surface area contributed by atoms with Crippen molar-refractivity contribution in [3.05, 3.63) is 62.5 Å². The molecule has 0 fully saturated rings. The van der Waals surface area contributed by atoms with Gasteiger partial charge in [-0.1, -0.05) is 38.5 Å². The molecule has 35 heavy (non-hydrogen) atoms. The van der Waals surface area contributed by atoms with Gasteiger partial charge in [0.1, 0.15) is 6.10 Å². The summed E-state index contributed by atoms with van der Waals surface area (Å²) in [7, 11) is 1.23. The Morgan fingerprint density at radius 1 is 1.06 bits per heavy atom. The number of ether oxygens (including phenoxy) is 2. The first-order chi connectivity index (χ1) is 16.7. The van der Waals surface area contributed by atoms with E-state index in [2.05, 4.69) is 5.32 Å². The lowest BCUT2D eigenvalue weighted by Gasteiger charge is -2.31. The average molecular weight is 489 g/mol. The first-order valence-electron chi connectivity index (χ1n) is 12.0. The summed E-state index contributed by atoms with van der Waals surface area (Å²) in [5.74, 6) is -2.33. The summed E-state index contributed by atoms with van der Waals surface area (Å²) < 4.78 is 10.8. The van der Waals surface area contributed by atoms with Gasteiger partial charge in [0.15, 0.2) is 0 Å². The lowest BCUT2D eigenvalue weighted by atomic mass is 9.79. The summed E-state index contributed by atoms with van der Waals surface area (Å²) in [5.41, 5.74) is 1.20. The normalized spacial score (nSPS) is 17.5. The van der Waals surface area contributed by atoms with Crippen molar-refractivity contribution in [2.45, 2.75) is 84.3 Å². The lowest BCUT2D eigenvalue weighted by molar-refractivity contribution is -0.385. The third-order valence-corrected chi connectivity index (χ3v) is 6.34. The molecule has 0 saturated heterocycles. The van der Waals surface area contributed by atoms with Crippen molar-refractivity contribution in [1.82, 2.24) is 5.32 Å². The number of hydrogen-bond acceptors (Lipinski definition) is 8. The molecule has 3 unspecified atom stereocenters. The molecule has 0 aliphatic carbocycles. The van der Waals surface area contributed by atoms with Gasteiger partial charge in [-0.3, -0.25) is 10.1 Å². The van der Waals surface area contributed by atoms with E-state index in [0.717, 1.165) is 12.8 Å². The van der Waals surface area contributed by atoms with Gasteiger partial charge in [-0.2, -0.15) is 0 Å². The van der Waals surface area contributed by atoms with Gasteiger partial charge in [-0.15, -0.1) is 0 Å². The summed E-state index contributed by atoms with van der Waals surface area (Å²) in [4.78, 5) is 37.5. The molecule has 1 heterocycles. The molecule has 0 bridgehead atoms. The van der Waals surface area contributed by atoms with E-state index < -0.39 is 22.8 Å². The number of carbonyl (C=O) groups is 2. The van der Waals surface area contributed by atoms with Gasteiger partial charge >= 0.3 is 11.9 Å². The van der Waals surface area contributed by atoms with Crippen LogP contribution in [0.15, 0.2) is 46.8 Å². The van der Waals surface area contributed by atoms with Crippen molar-refractivity contribution >= 4 is 17.6 Å². The van der Waals surface area contributed by atoms with Crippen LogP contribution in [0.2, 0.25) is 0 Å². The van der Waals surface area contributed by atoms with Crippen molar-refractivity contribution < 1.29 is 29.1 Å². The third-order valence-electron chi connectivity index (χ3n) is 6.34. The maximum atomic E-state index is 13.5. The number of nitrogens with one attached hydrogen (secondary N) is 1. The minimum absolute atomic E-state index is 0.126. The number of unbranched alkanes of at least 4 members (excludes halogenated alkanes) is 1. The topological polar surface area (TPSA) is 128 Å². The summed E-state index contributed by atoms with van der Waals surface area (Å²) in [5, 5.41) is 24.6. The summed E-state index contributed by atoms with van der Waals surface area (Å²) >= 11 is 0. The van der Waals surface area contributed by atoms with Crippen molar-refractivity contribution in [3.63, 3.8) is 0 Å². The molecular weight excluding hydrogens is 452 g/mol. The Morgan fingerprint density at radius 3 is 2.23 bits per heavy atom. The fraction of sp³-hybridized carbons (Fsp3) is 0.538. The minimum Gasteiger partial charge on any atom is -0.466 e. The molecule has 0 radical (unpaired) electrons. The van der Waals surface area contributed by atoms with Crippen LogP contribution >= 0.6 is 0 Å². The highest BCUT2D eigenvalue weighted by atomic mass is 16.6. The summed E-state index contributed by atoms with van der Waals surface area (Å²) in [6.45, 7) is 7.20. The van der Waals surface area contributed by atoms with Crippen LogP contribution in [-0.2, 0) is 19.1 Å². The number of esters is 2.